The Kier molecular flexibility index (Phi) is 5.74. The monoisotopic (exact) mass is 348 g/mol. The average Bonchev–Trinajstić information content (AvgIpc) is 2.65. The third-order valence-electron chi connectivity index (χ3n) is 4.46. The molecular formula is C22H24N2O2. The molecule has 0 aliphatic heterocycles. The van der Waals surface area contributed by atoms with E-state index < -0.39 is 0 Å². The number of amides is 1. The number of ether oxygens (including phenoxy) is 1. The molecule has 0 aromatic heterocycles. The number of nitrogens with two attached hydrogens (primary N) is 1. The zero-order chi connectivity index (χ0) is 18.4. The van der Waals surface area contributed by atoms with E-state index in [-0.39, 0.29) is 5.91 Å². The molecule has 0 atom stereocenters. The van der Waals surface area contributed by atoms with Crippen LogP contribution < -0.4 is 10.5 Å². The van der Waals surface area contributed by atoms with Gasteiger partial charge in [-0.1, -0.05) is 48.5 Å². The minimum atomic E-state index is 0.0574. The van der Waals surface area contributed by atoms with Crippen LogP contribution in [0.3, 0.4) is 0 Å². The number of hydrogen-bond acceptors (Lipinski definition) is 3. The van der Waals surface area contributed by atoms with Gasteiger partial charge in [-0.2, -0.15) is 0 Å². The number of carbonyl (C=O) groups is 1. The summed E-state index contributed by atoms with van der Waals surface area (Å²) in [4.78, 5) is 13.7. The Bertz CT molecular complexity index is 869. The van der Waals surface area contributed by atoms with E-state index in [0.29, 0.717) is 19.7 Å². The van der Waals surface area contributed by atoms with Crippen LogP contribution in [0.1, 0.15) is 12.5 Å². The van der Waals surface area contributed by atoms with Gasteiger partial charge in [0.15, 0.2) is 0 Å². The van der Waals surface area contributed by atoms with Gasteiger partial charge >= 0.3 is 0 Å². The Morgan fingerprint density at radius 1 is 0.962 bits per heavy atom. The quantitative estimate of drug-likeness (QED) is 0.659. The van der Waals surface area contributed by atoms with Gasteiger partial charge in [0.2, 0.25) is 5.91 Å². The van der Waals surface area contributed by atoms with Gasteiger partial charge in [0.25, 0.3) is 0 Å². The highest BCUT2D eigenvalue weighted by atomic mass is 16.5. The number of fused-ring (bicyclic) bond motifs is 1. The summed E-state index contributed by atoms with van der Waals surface area (Å²) in [6.45, 7) is 3.29. The van der Waals surface area contributed by atoms with Gasteiger partial charge in [0.1, 0.15) is 12.4 Å². The number of nitrogen functional groups attached to an aromatic ring is 1. The number of anilines is 1. The molecule has 0 aliphatic rings. The summed E-state index contributed by atoms with van der Waals surface area (Å²) in [5.74, 6) is 0.909. The predicted octanol–water partition coefficient (Wildman–Crippen LogP) is 3.89. The smallest absolute Gasteiger partial charge is 0.219 e. The summed E-state index contributed by atoms with van der Waals surface area (Å²) in [6, 6.07) is 21.9. The van der Waals surface area contributed by atoms with Crippen molar-refractivity contribution in [1.29, 1.82) is 0 Å². The normalized spacial score (nSPS) is 10.7. The molecule has 134 valence electrons. The minimum absolute atomic E-state index is 0.0574. The van der Waals surface area contributed by atoms with Crippen LogP contribution in [0.15, 0.2) is 66.7 Å². The largest absolute Gasteiger partial charge is 0.491 e. The maximum absolute atomic E-state index is 11.9. The number of rotatable bonds is 7. The van der Waals surface area contributed by atoms with Crippen LogP contribution in [0.4, 0.5) is 5.69 Å². The van der Waals surface area contributed by atoms with Crippen LogP contribution in [0.25, 0.3) is 10.8 Å². The summed E-state index contributed by atoms with van der Waals surface area (Å²) in [6.07, 6.45) is 0.800. The fraction of sp³-hybridized carbons (Fsp3) is 0.227. The molecule has 0 fully saturated rings. The van der Waals surface area contributed by atoms with Crippen LogP contribution in [-0.4, -0.2) is 30.5 Å². The van der Waals surface area contributed by atoms with Crippen molar-refractivity contribution >= 4 is 22.4 Å². The second kappa shape index (κ2) is 8.39. The van der Waals surface area contributed by atoms with Crippen LogP contribution >= 0.6 is 0 Å². The highest BCUT2D eigenvalue weighted by Crippen LogP contribution is 2.25. The van der Waals surface area contributed by atoms with Gasteiger partial charge < -0.3 is 15.4 Å². The molecule has 3 aromatic rings. The summed E-state index contributed by atoms with van der Waals surface area (Å²) in [5, 5.41) is 2.24. The predicted molar refractivity (Wildman–Crippen MR) is 106 cm³/mol. The molecule has 0 spiro atoms. The molecular weight excluding hydrogens is 324 g/mol. The molecule has 0 aliphatic carbocycles. The lowest BCUT2D eigenvalue weighted by atomic mass is 10.1. The Morgan fingerprint density at radius 2 is 1.69 bits per heavy atom. The summed E-state index contributed by atoms with van der Waals surface area (Å²) >= 11 is 0. The van der Waals surface area contributed by atoms with Crippen molar-refractivity contribution in [3.8, 4) is 5.75 Å². The maximum Gasteiger partial charge on any atom is 0.219 e. The van der Waals surface area contributed by atoms with E-state index >= 15 is 0 Å². The first-order valence-electron chi connectivity index (χ1n) is 8.84. The second-order valence-corrected chi connectivity index (χ2v) is 6.32. The first-order valence-corrected chi connectivity index (χ1v) is 8.84. The number of benzene rings is 3. The summed E-state index contributed by atoms with van der Waals surface area (Å²) in [7, 11) is 0. The van der Waals surface area contributed by atoms with Crippen LogP contribution in [0.5, 0.6) is 5.75 Å². The minimum Gasteiger partial charge on any atom is -0.491 e. The Balaban J connectivity index is 1.56. The van der Waals surface area contributed by atoms with Gasteiger partial charge in [-0.05, 0) is 35.6 Å². The van der Waals surface area contributed by atoms with Gasteiger partial charge in [-0.3, -0.25) is 4.79 Å². The van der Waals surface area contributed by atoms with Crippen molar-refractivity contribution < 1.29 is 9.53 Å². The van der Waals surface area contributed by atoms with Gasteiger partial charge in [-0.15, -0.1) is 0 Å². The van der Waals surface area contributed by atoms with E-state index in [9.17, 15) is 4.79 Å². The Hall–Kier alpha value is -3.01. The Morgan fingerprint density at radius 3 is 2.46 bits per heavy atom. The van der Waals surface area contributed by atoms with Crippen LogP contribution in [0.2, 0.25) is 0 Å². The lowest BCUT2D eigenvalue weighted by Crippen LogP contribution is -2.34. The zero-order valence-electron chi connectivity index (χ0n) is 15.0. The van der Waals surface area contributed by atoms with E-state index in [1.54, 1.807) is 6.92 Å². The highest BCUT2D eigenvalue weighted by Gasteiger charge is 2.09. The highest BCUT2D eigenvalue weighted by molar-refractivity contribution is 5.88. The van der Waals surface area contributed by atoms with E-state index in [1.807, 2.05) is 53.4 Å². The second-order valence-electron chi connectivity index (χ2n) is 6.32. The molecule has 0 unspecified atom stereocenters. The van der Waals surface area contributed by atoms with Gasteiger partial charge in [0.05, 0.1) is 6.54 Å². The molecule has 0 heterocycles. The van der Waals surface area contributed by atoms with Crippen molar-refractivity contribution in [3.05, 3.63) is 72.3 Å². The molecule has 3 rings (SSSR count). The molecule has 1 amide bonds. The SMILES string of the molecule is CC(=O)N(CCOc1cccc2ccccc12)CCc1ccc(N)cc1. The standard InChI is InChI=1S/C22H24N2O2/c1-17(25)24(14-13-18-9-11-20(23)12-10-18)15-16-26-22-8-4-6-19-5-2-3-7-21(19)22/h2-12H,13-16,23H2,1H3. The summed E-state index contributed by atoms with van der Waals surface area (Å²) < 4.78 is 5.96. The molecule has 26 heavy (non-hydrogen) atoms. The van der Waals surface area contributed by atoms with Crippen molar-refractivity contribution in [2.75, 3.05) is 25.4 Å². The van der Waals surface area contributed by atoms with E-state index in [1.165, 1.54) is 5.56 Å². The molecule has 0 bridgehead atoms. The zero-order valence-corrected chi connectivity index (χ0v) is 15.0. The first kappa shape index (κ1) is 17.8. The van der Waals surface area contributed by atoms with E-state index in [2.05, 4.69) is 18.2 Å². The summed E-state index contributed by atoms with van der Waals surface area (Å²) in [5.41, 5.74) is 7.63. The third-order valence-corrected chi connectivity index (χ3v) is 4.46. The van der Waals surface area contributed by atoms with Crippen LogP contribution in [0, 0.1) is 0 Å². The van der Waals surface area contributed by atoms with E-state index in [4.69, 9.17) is 10.5 Å². The average molecular weight is 348 g/mol. The maximum atomic E-state index is 11.9. The van der Waals surface area contributed by atoms with Crippen LogP contribution in [-0.2, 0) is 11.2 Å². The third kappa shape index (κ3) is 4.54. The molecule has 0 saturated carbocycles. The van der Waals surface area contributed by atoms with Crippen molar-refractivity contribution in [2.24, 2.45) is 0 Å². The Labute approximate surface area is 154 Å². The number of carbonyl (C=O) groups excluding carboxylic acids is 1. The fourth-order valence-electron chi connectivity index (χ4n) is 2.96. The number of nitrogens with zero attached hydrogens (tertiary/aromatic N) is 1. The van der Waals surface area contributed by atoms with E-state index in [0.717, 1.165) is 28.6 Å². The van der Waals surface area contributed by atoms with Crippen molar-refractivity contribution in [3.63, 3.8) is 0 Å². The fourth-order valence-corrected chi connectivity index (χ4v) is 2.96. The van der Waals surface area contributed by atoms with Crippen molar-refractivity contribution in [2.45, 2.75) is 13.3 Å². The van der Waals surface area contributed by atoms with Crippen molar-refractivity contribution in [1.82, 2.24) is 4.90 Å². The lowest BCUT2D eigenvalue weighted by molar-refractivity contribution is -0.129. The molecule has 4 nitrogen and oxygen atoms in total. The molecule has 0 saturated heterocycles. The lowest BCUT2D eigenvalue weighted by Gasteiger charge is -2.21. The number of hydrogen-bond donors (Lipinski definition) is 1. The molecule has 0 radical (unpaired) electrons. The molecule has 3 aromatic carbocycles. The molecule has 2 N–H and O–H groups in total. The van der Waals surface area contributed by atoms with Gasteiger partial charge in [-0.25, -0.2) is 0 Å². The topological polar surface area (TPSA) is 55.6 Å². The molecule has 4 heteroatoms. The van der Waals surface area contributed by atoms with Gasteiger partial charge in [0, 0.05) is 24.5 Å². The first-order chi connectivity index (χ1) is 12.6.